The van der Waals surface area contributed by atoms with Crippen molar-refractivity contribution in [3.8, 4) is 0 Å². The first-order valence-electron chi connectivity index (χ1n) is 2.69. The van der Waals surface area contributed by atoms with Crippen molar-refractivity contribution >= 4 is 41.2 Å². The van der Waals surface area contributed by atoms with Gasteiger partial charge in [0.15, 0.2) is 0 Å². The first kappa shape index (κ1) is 10.3. The van der Waals surface area contributed by atoms with Crippen LogP contribution in [0.5, 0.6) is 0 Å². The number of carbonyl (C=O) groups excluding carboxylic acids is 1. The summed E-state index contributed by atoms with van der Waals surface area (Å²) in [5.74, 6) is 0. The van der Waals surface area contributed by atoms with Gasteiger partial charge in [-0.1, -0.05) is 34.8 Å². The number of rotatable bonds is 3. The number of nitrogens with zero attached hydrogens (tertiary/aromatic N) is 1. The van der Waals surface area contributed by atoms with E-state index in [2.05, 4.69) is 0 Å². The van der Waals surface area contributed by atoms with Gasteiger partial charge in [0.2, 0.25) is 3.79 Å². The summed E-state index contributed by atoms with van der Waals surface area (Å²) in [5.41, 5.74) is 0. The topological polar surface area (TPSA) is 20.3 Å². The lowest BCUT2D eigenvalue weighted by molar-refractivity contribution is 0.400. The maximum absolute atomic E-state index is 10.0. The first-order valence-corrected chi connectivity index (χ1v) is 3.82. The fraction of sp³-hybridized carbons (Fsp3) is 0.800. The summed E-state index contributed by atoms with van der Waals surface area (Å²) >= 11 is 16.2. The fourth-order valence-electron chi connectivity index (χ4n) is 0.425. The standard InChI is InChI=1S/C5H7Cl3NO/c1-2-9(4-10)3-5(6,7)8/h2-3H2,1H3. The highest BCUT2D eigenvalue weighted by molar-refractivity contribution is 6.67. The second-order valence-corrected chi connectivity index (χ2v) is 4.24. The van der Waals surface area contributed by atoms with Crippen LogP contribution >= 0.6 is 34.8 Å². The molecule has 2 nitrogen and oxygen atoms in total. The molecule has 0 unspecified atom stereocenters. The molecule has 0 N–H and O–H groups in total. The largest absolute Gasteiger partial charge is 0.330 e. The molecule has 10 heavy (non-hydrogen) atoms. The van der Waals surface area contributed by atoms with Crippen molar-refractivity contribution in [2.24, 2.45) is 0 Å². The molecule has 0 fully saturated rings. The minimum atomic E-state index is -1.40. The normalized spacial score (nSPS) is 11.2. The van der Waals surface area contributed by atoms with E-state index in [1.165, 1.54) is 4.90 Å². The average molecular weight is 203 g/mol. The Balaban J connectivity index is 3.74. The first-order chi connectivity index (χ1) is 4.49. The van der Waals surface area contributed by atoms with Gasteiger partial charge >= 0.3 is 6.41 Å². The number of halogens is 3. The maximum Gasteiger partial charge on any atom is 0.312 e. The Morgan fingerprint density at radius 1 is 1.50 bits per heavy atom. The Kier molecular flexibility index (Phi) is 4.41. The van der Waals surface area contributed by atoms with E-state index in [0.717, 1.165) is 0 Å². The summed E-state index contributed by atoms with van der Waals surface area (Å²) in [6.07, 6.45) is 1.64. The van der Waals surface area contributed by atoms with Crippen LogP contribution in [-0.4, -0.2) is 28.2 Å². The SMILES string of the molecule is CCN([C]=O)CC(Cl)(Cl)Cl. The summed E-state index contributed by atoms with van der Waals surface area (Å²) in [5, 5.41) is 0. The average Bonchev–Trinajstić information content (AvgIpc) is 1.81. The van der Waals surface area contributed by atoms with Crippen LogP contribution in [0.3, 0.4) is 0 Å². The molecule has 0 saturated heterocycles. The summed E-state index contributed by atoms with van der Waals surface area (Å²) < 4.78 is -1.40. The molecule has 59 valence electrons. The van der Waals surface area contributed by atoms with Crippen LogP contribution in [0.25, 0.3) is 0 Å². The van der Waals surface area contributed by atoms with E-state index in [9.17, 15) is 4.79 Å². The zero-order chi connectivity index (χ0) is 8.20. The Hall–Kier alpha value is 0.340. The van der Waals surface area contributed by atoms with E-state index in [1.807, 2.05) is 0 Å². The zero-order valence-electron chi connectivity index (χ0n) is 5.40. The number of alkyl halides is 3. The van der Waals surface area contributed by atoms with Crippen molar-refractivity contribution in [3.63, 3.8) is 0 Å². The molecule has 0 rings (SSSR count). The molecular weight excluding hydrogens is 196 g/mol. The molecular formula is C5H7Cl3NO. The van der Waals surface area contributed by atoms with Crippen molar-refractivity contribution in [1.29, 1.82) is 0 Å². The molecule has 0 aliphatic heterocycles. The Bertz CT molecular complexity index is 112. The van der Waals surface area contributed by atoms with Crippen LogP contribution in [0, 0.1) is 0 Å². The molecule has 5 heteroatoms. The molecule has 0 atom stereocenters. The minimum Gasteiger partial charge on any atom is -0.330 e. The van der Waals surface area contributed by atoms with Crippen LogP contribution in [0.4, 0.5) is 0 Å². The fourth-order valence-corrected chi connectivity index (χ4v) is 0.858. The third-order valence-electron chi connectivity index (χ3n) is 0.881. The van der Waals surface area contributed by atoms with Gasteiger partial charge in [0.25, 0.3) is 0 Å². The van der Waals surface area contributed by atoms with E-state index in [-0.39, 0.29) is 6.54 Å². The van der Waals surface area contributed by atoms with Gasteiger partial charge in [-0.3, -0.25) is 4.79 Å². The van der Waals surface area contributed by atoms with Crippen LogP contribution in [-0.2, 0) is 4.79 Å². The van der Waals surface area contributed by atoms with Gasteiger partial charge in [0.1, 0.15) is 0 Å². The van der Waals surface area contributed by atoms with Crippen molar-refractivity contribution in [2.45, 2.75) is 10.7 Å². The van der Waals surface area contributed by atoms with Gasteiger partial charge in [-0.25, -0.2) is 0 Å². The highest BCUT2D eigenvalue weighted by atomic mass is 35.6. The molecule has 0 bridgehead atoms. The van der Waals surface area contributed by atoms with Crippen molar-refractivity contribution < 1.29 is 4.79 Å². The van der Waals surface area contributed by atoms with Gasteiger partial charge < -0.3 is 4.90 Å². The monoisotopic (exact) mass is 202 g/mol. The molecule has 1 amide bonds. The van der Waals surface area contributed by atoms with Gasteiger partial charge in [0, 0.05) is 6.54 Å². The van der Waals surface area contributed by atoms with Crippen LogP contribution in [0.1, 0.15) is 6.92 Å². The Morgan fingerprint density at radius 3 is 2.10 bits per heavy atom. The molecule has 0 spiro atoms. The molecule has 0 heterocycles. The maximum atomic E-state index is 10.0. The van der Waals surface area contributed by atoms with Crippen molar-refractivity contribution in [3.05, 3.63) is 0 Å². The van der Waals surface area contributed by atoms with Gasteiger partial charge in [0.05, 0.1) is 6.54 Å². The Labute approximate surface area is 75.0 Å². The molecule has 0 aliphatic carbocycles. The molecule has 1 radical (unpaired) electrons. The van der Waals surface area contributed by atoms with Gasteiger partial charge in [-0.05, 0) is 6.92 Å². The van der Waals surface area contributed by atoms with E-state index >= 15 is 0 Å². The second-order valence-electron chi connectivity index (χ2n) is 1.72. The second kappa shape index (κ2) is 4.27. The highest BCUT2D eigenvalue weighted by Gasteiger charge is 2.22. The number of hydrogen-bond donors (Lipinski definition) is 0. The lowest BCUT2D eigenvalue weighted by Crippen LogP contribution is -2.30. The minimum absolute atomic E-state index is 0.0810. The van der Waals surface area contributed by atoms with Crippen molar-refractivity contribution in [2.75, 3.05) is 13.1 Å². The van der Waals surface area contributed by atoms with E-state index in [1.54, 1.807) is 13.3 Å². The third-order valence-corrected chi connectivity index (χ3v) is 1.24. The van der Waals surface area contributed by atoms with Crippen molar-refractivity contribution in [1.82, 2.24) is 4.90 Å². The molecule has 0 aromatic carbocycles. The summed E-state index contributed by atoms with van der Waals surface area (Å²) in [6, 6.07) is 0. The van der Waals surface area contributed by atoms with E-state index in [0.29, 0.717) is 6.54 Å². The predicted molar refractivity (Wildman–Crippen MR) is 43.2 cm³/mol. The number of amides is 1. The van der Waals surface area contributed by atoms with Crippen LogP contribution in [0.15, 0.2) is 0 Å². The third kappa shape index (κ3) is 5.15. The summed E-state index contributed by atoms with van der Waals surface area (Å²) in [4.78, 5) is 11.3. The lowest BCUT2D eigenvalue weighted by atomic mass is 10.6. The predicted octanol–water partition coefficient (Wildman–Crippen LogP) is 1.75. The van der Waals surface area contributed by atoms with E-state index < -0.39 is 3.79 Å². The summed E-state index contributed by atoms with van der Waals surface area (Å²) in [7, 11) is 0. The molecule has 0 aromatic heterocycles. The Morgan fingerprint density at radius 2 is 2.00 bits per heavy atom. The lowest BCUT2D eigenvalue weighted by Gasteiger charge is -2.18. The van der Waals surface area contributed by atoms with Gasteiger partial charge in [-0.2, -0.15) is 0 Å². The molecule has 0 aliphatic rings. The highest BCUT2D eigenvalue weighted by Crippen LogP contribution is 2.26. The molecule has 0 saturated carbocycles. The smallest absolute Gasteiger partial charge is 0.312 e. The number of hydrogen-bond acceptors (Lipinski definition) is 1. The quantitative estimate of drug-likeness (QED) is 0.505. The van der Waals surface area contributed by atoms with Crippen LogP contribution < -0.4 is 0 Å². The summed E-state index contributed by atoms with van der Waals surface area (Å²) in [6.45, 7) is 2.36. The zero-order valence-corrected chi connectivity index (χ0v) is 7.67. The molecule has 0 aromatic rings. The van der Waals surface area contributed by atoms with Crippen LogP contribution in [0.2, 0.25) is 0 Å². The van der Waals surface area contributed by atoms with Gasteiger partial charge in [-0.15, -0.1) is 0 Å². The van der Waals surface area contributed by atoms with E-state index in [4.69, 9.17) is 34.8 Å².